The molecule has 1 fully saturated rings. The first-order valence-corrected chi connectivity index (χ1v) is 5.76. The Labute approximate surface area is 95.4 Å². The average molecular weight is 216 g/mol. The standard InChI is InChI=1S/C13H16N2O/c1-13(2)9-5-3-4-6-10(9)15-8-7-11(16)14-12(13)15/h3-6,12H,7-8H2,1-2H3,(H,14,16). The van der Waals surface area contributed by atoms with Crippen LogP contribution in [-0.4, -0.2) is 18.6 Å². The van der Waals surface area contributed by atoms with E-state index in [-0.39, 0.29) is 17.5 Å². The van der Waals surface area contributed by atoms with Gasteiger partial charge in [-0.3, -0.25) is 4.79 Å². The van der Waals surface area contributed by atoms with Crippen LogP contribution in [0.25, 0.3) is 0 Å². The lowest BCUT2D eigenvalue weighted by molar-refractivity contribution is -0.123. The summed E-state index contributed by atoms with van der Waals surface area (Å²) in [6, 6.07) is 8.45. The smallest absolute Gasteiger partial charge is 0.223 e. The molecule has 1 N–H and O–H groups in total. The van der Waals surface area contributed by atoms with Gasteiger partial charge in [-0.15, -0.1) is 0 Å². The fraction of sp³-hybridized carbons (Fsp3) is 0.462. The lowest BCUT2D eigenvalue weighted by Gasteiger charge is -2.38. The monoisotopic (exact) mass is 216 g/mol. The summed E-state index contributed by atoms with van der Waals surface area (Å²) in [6.07, 6.45) is 0.715. The molecule has 1 aromatic rings. The molecule has 2 heterocycles. The van der Waals surface area contributed by atoms with Crippen molar-refractivity contribution in [1.82, 2.24) is 5.32 Å². The molecule has 0 radical (unpaired) electrons. The van der Waals surface area contributed by atoms with Crippen LogP contribution >= 0.6 is 0 Å². The number of rotatable bonds is 0. The maximum atomic E-state index is 11.5. The molecule has 0 bridgehead atoms. The summed E-state index contributed by atoms with van der Waals surface area (Å²) < 4.78 is 0. The quantitative estimate of drug-likeness (QED) is 0.715. The number of amides is 1. The van der Waals surface area contributed by atoms with Gasteiger partial charge in [0.2, 0.25) is 5.91 Å². The Hall–Kier alpha value is -1.51. The van der Waals surface area contributed by atoms with Crippen LogP contribution in [0, 0.1) is 0 Å². The Balaban J connectivity index is 2.12. The van der Waals surface area contributed by atoms with Gasteiger partial charge in [-0.1, -0.05) is 32.0 Å². The highest BCUT2D eigenvalue weighted by Gasteiger charge is 2.46. The largest absolute Gasteiger partial charge is 0.350 e. The van der Waals surface area contributed by atoms with Gasteiger partial charge in [0.1, 0.15) is 6.17 Å². The first kappa shape index (κ1) is 9.70. The van der Waals surface area contributed by atoms with Crippen molar-refractivity contribution in [2.24, 2.45) is 0 Å². The van der Waals surface area contributed by atoms with Crippen LogP contribution in [0.15, 0.2) is 24.3 Å². The normalized spacial score (nSPS) is 26.0. The van der Waals surface area contributed by atoms with E-state index in [9.17, 15) is 4.79 Å². The maximum absolute atomic E-state index is 11.5. The summed E-state index contributed by atoms with van der Waals surface area (Å²) in [6.45, 7) is 5.22. The van der Waals surface area contributed by atoms with E-state index in [1.807, 2.05) is 0 Å². The molecule has 1 atom stereocenters. The predicted octanol–water partition coefficient (Wildman–Crippen LogP) is 1.63. The maximum Gasteiger partial charge on any atom is 0.223 e. The molecule has 1 aromatic carbocycles. The molecule has 3 nitrogen and oxygen atoms in total. The van der Waals surface area contributed by atoms with Gasteiger partial charge in [-0.2, -0.15) is 0 Å². The van der Waals surface area contributed by atoms with Crippen LogP contribution in [0.4, 0.5) is 5.69 Å². The van der Waals surface area contributed by atoms with Gasteiger partial charge < -0.3 is 10.2 Å². The molecule has 0 spiro atoms. The molecular weight excluding hydrogens is 200 g/mol. The lowest BCUT2D eigenvalue weighted by atomic mass is 9.84. The Morgan fingerprint density at radius 2 is 2.12 bits per heavy atom. The number of benzene rings is 1. The van der Waals surface area contributed by atoms with E-state index in [0.29, 0.717) is 6.42 Å². The number of hydrogen-bond acceptors (Lipinski definition) is 2. The molecule has 1 saturated heterocycles. The second-order valence-corrected chi connectivity index (χ2v) is 5.15. The lowest BCUT2D eigenvalue weighted by Crippen LogP contribution is -2.58. The van der Waals surface area contributed by atoms with E-state index < -0.39 is 0 Å². The zero-order valence-corrected chi connectivity index (χ0v) is 9.66. The van der Waals surface area contributed by atoms with Crippen LogP contribution in [0.3, 0.4) is 0 Å². The minimum atomic E-state index is -0.00727. The zero-order chi connectivity index (χ0) is 11.3. The Morgan fingerprint density at radius 1 is 1.38 bits per heavy atom. The summed E-state index contributed by atoms with van der Waals surface area (Å²) in [4.78, 5) is 13.8. The van der Waals surface area contributed by atoms with E-state index >= 15 is 0 Å². The van der Waals surface area contributed by atoms with Crippen molar-refractivity contribution in [3.63, 3.8) is 0 Å². The summed E-state index contributed by atoms with van der Waals surface area (Å²) in [5.41, 5.74) is 2.60. The number of para-hydroxylation sites is 1. The van der Waals surface area contributed by atoms with Gasteiger partial charge >= 0.3 is 0 Å². The SMILES string of the molecule is CC1(C)c2ccccc2N2CCC(=O)NC21. The second kappa shape index (κ2) is 3.00. The number of nitrogens with one attached hydrogen (secondary N) is 1. The summed E-state index contributed by atoms with van der Waals surface area (Å²) >= 11 is 0. The zero-order valence-electron chi connectivity index (χ0n) is 9.66. The number of nitrogens with zero attached hydrogens (tertiary/aromatic N) is 1. The number of fused-ring (bicyclic) bond motifs is 3. The Bertz CT molecular complexity index is 453. The molecule has 16 heavy (non-hydrogen) atoms. The molecule has 0 aromatic heterocycles. The molecule has 0 aliphatic carbocycles. The van der Waals surface area contributed by atoms with Crippen LogP contribution in [0.1, 0.15) is 25.8 Å². The molecule has 1 amide bonds. The third-order valence-electron chi connectivity index (χ3n) is 3.78. The van der Waals surface area contributed by atoms with Crippen molar-refractivity contribution in [3.8, 4) is 0 Å². The molecule has 3 rings (SSSR count). The van der Waals surface area contributed by atoms with Crippen molar-refractivity contribution in [3.05, 3.63) is 29.8 Å². The van der Waals surface area contributed by atoms with Gasteiger partial charge in [0.05, 0.1) is 0 Å². The Kier molecular flexibility index (Phi) is 1.82. The van der Waals surface area contributed by atoms with Crippen LogP contribution in [0.5, 0.6) is 0 Å². The number of carbonyl (C=O) groups is 1. The fourth-order valence-corrected chi connectivity index (χ4v) is 2.90. The van der Waals surface area contributed by atoms with Crippen LogP contribution in [0.2, 0.25) is 0 Å². The average Bonchev–Trinajstić information content (AvgIpc) is 2.49. The first-order chi connectivity index (χ1) is 7.60. The number of carbonyl (C=O) groups excluding carboxylic acids is 1. The van der Waals surface area contributed by atoms with Gasteiger partial charge in [-0.25, -0.2) is 0 Å². The highest BCUT2D eigenvalue weighted by Crippen LogP contribution is 2.44. The molecule has 1 unspecified atom stereocenters. The van der Waals surface area contributed by atoms with Crippen LogP contribution < -0.4 is 10.2 Å². The first-order valence-electron chi connectivity index (χ1n) is 5.76. The van der Waals surface area contributed by atoms with E-state index in [0.717, 1.165) is 6.54 Å². The van der Waals surface area contributed by atoms with Crippen molar-refractivity contribution in [2.75, 3.05) is 11.4 Å². The number of anilines is 1. The van der Waals surface area contributed by atoms with Gasteiger partial charge in [0.15, 0.2) is 0 Å². The van der Waals surface area contributed by atoms with Crippen molar-refractivity contribution < 1.29 is 4.79 Å². The second-order valence-electron chi connectivity index (χ2n) is 5.15. The van der Waals surface area contributed by atoms with E-state index in [1.165, 1.54) is 11.3 Å². The van der Waals surface area contributed by atoms with Crippen molar-refractivity contribution in [2.45, 2.75) is 31.8 Å². The van der Waals surface area contributed by atoms with Crippen molar-refractivity contribution in [1.29, 1.82) is 0 Å². The van der Waals surface area contributed by atoms with Crippen molar-refractivity contribution >= 4 is 11.6 Å². The molecule has 3 heteroatoms. The third kappa shape index (κ3) is 1.11. The number of hydrogen-bond donors (Lipinski definition) is 1. The van der Waals surface area contributed by atoms with Crippen LogP contribution in [-0.2, 0) is 10.2 Å². The highest BCUT2D eigenvalue weighted by atomic mass is 16.2. The van der Waals surface area contributed by atoms with E-state index in [4.69, 9.17) is 0 Å². The summed E-state index contributed by atoms with van der Waals surface area (Å²) in [7, 11) is 0. The summed E-state index contributed by atoms with van der Waals surface area (Å²) in [5.74, 6) is 0.169. The molecular formula is C13H16N2O. The molecule has 84 valence electrons. The fourth-order valence-electron chi connectivity index (χ4n) is 2.90. The molecule has 2 aliphatic heterocycles. The van der Waals surface area contributed by atoms with Gasteiger partial charge in [0.25, 0.3) is 0 Å². The molecule has 2 aliphatic rings. The molecule has 0 saturated carbocycles. The highest BCUT2D eigenvalue weighted by molar-refractivity contribution is 5.81. The third-order valence-corrected chi connectivity index (χ3v) is 3.78. The Morgan fingerprint density at radius 3 is 2.94 bits per heavy atom. The van der Waals surface area contributed by atoms with E-state index in [1.54, 1.807) is 0 Å². The van der Waals surface area contributed by atoms with Gasteiger partial charge in [-0.05, 0) is 11.6 Å². The topological polar surface area (TPSA) is 32.3 Å². The van der Waals surface area contributed by atoms with E-state index in [2.05, 4.69) is 48.3 Å². The van der Waals surface area contributed by atoms with Gasteiger partial charge in [0, 0.05) is 24.1 Å². The minimum Gasteiger partial charge on any atom is -0.350 e. The summed E-state index contributed by atoms with van der Waals surface area (Å²) in [5, 5.41) is 3.10. The minimum absolute atomic E-state index is 0.00727. The predicted molar refractivity (Wildman–Crippen MR) is 63.4 cm³/mol.